The molecule has 0 heterocycles. The molecule has 0 aromatic heterocycles. The Balaban J connectivity index is 2.61. The van der Waals surface area contributed by atoms with Crippen LogP contribution in [0.2, 0.25) is 0 Å². The summed E-state index contributed by atoms with van der Waals surface area (Å²) in [7, 11) is 0. The van der Waals surface area contributed by atoms with Crippen LogP contribution in [0.15, 0.2) is 21.6 Å². The molecule has 0 saturated heterocycles. The second kappa shape index (κ2) is 1.87. The summed E-state index contributed by atoms with van der Waals surface area (Å²) in [5, 5.41) is 0. The Hall–Kier alpha value is 0.350. The molecular formula is C5H5Sc. The van der Waals surface area contributed by atoms with Crippen molar-refractivity contribution in [1.29, 1.82) is 0 Å². The summed E-state index contributed by atoms with van der Waals surface area (Å²) in [5.74, 6) is 0. The van der Waals surface area contributed by atoms with Crippen LogP contribution in [0.25, 0.3) is 0 Å². The molecular weight excluding hydrogens is 105 g/mol. The third-order valence-corrected chi connectivity index (χ3v) is 1.47. The van der Waals surface area contributed by atoms with E-state index in [4.69, 9.17) is 0 Å². The zero-order valence-electron chi connectivity index (χ0n) is 3.52. The van der Waals surface area contributed by atoms with Gasteiger partial charge >= 0.3 is 52.4 Å². The third-order valence-electron chi connectivity index (χ3n) is 0.800. The summed E-state index contributed by atoms with van der Waals surface area (Å²) in [6, 6.07) is 0. The molecule has 0 aromatic carbocycles. The van der Waals surface area contributed by atoms with Crippen LogP contribution < -0.4 is 0 Å². The minimum atomic E-state index is 1.19. The van der Waals surface area contributed by atoms with Crippen LogP contribution in [0.5, 0.6) is 0 Å². The van der Waals surface area contributed by atoms with E-state index < -0.39 is 0 Å². The first kappa shape index (κ1) is 4.51. The topological polar surface area (TPSA) is 0 Å². The molecule has 28 valence electrons. The fourth-order valence-electron chi connectivity index (χ4n) is 0.464. The SMILES string of the molecule is [Sc][C]1=CC=CC1. The van der Waals surface area contributed by atoms with E-state index in [0.717, 1.165) is 0 Å². The molecule has 0 amide bonds. The van der Waals surface area contributed by atoms with Crippen molar-refractivity contribution in [2.45, 2.75) is 6.42 Å². The number of hydrogen-bond acceptors (Lipinski definition) is 0. The molecule has 1 aliphatic rings. The predicted octanol–water partition coefficient (Wildman–Crippen LogP) is 1.38. The summed E-state index contributed by atoms with van der Waals surface area (Å²) in [4.78, 5) is 0. The molecule has 6 heavy (non-hydrogen) atoms. The van der Waals surface area contributed by atoms with E-state index in [2.05, 4.69) is 18.2 Å². The van der Waals surface area contributed by atoms with Crippen LogP contribution in [-0.4, -0.2) is 0 Å². The van der Waals surface area contributed by atoms with Gasteiger partial charge in [-0.1, -0.05) is 0 Å². The minimum absolute atomic E-state index is 1.19. The zero-order valence-corrected chi connectivity index (χ0v) is 5.32. The number of hydrogen-bond donors (Lipinski definition) is 0. The molecule has 0 N–H and O–H groups in total. The van der Waals surface area contributed by atoms with Crippen LogP contribution in [0, 0.1) is 0 Å². The second-order valence-corrected chi connectivity index (χ2v) is 2.53. The van der Waals surface area contributed by atoms with Crippen molar-refractivity contribution in [3.8, 4) is 0 Å². The molecule has 0 fully saturated rings. The van der Waals surface area contributed by atoms with Crippen molar-refractivity contribution >= 4 is 0 Å². The molecule has 0 saturated carbocycles. The van der Waals surface area contributed by atoms with Crippen molar-refractivity contribution in [2.24, 2.45) is 0 Å². The Labute approximate surface area is 52.5 Å². The normalized spacial score (nSPS) is 18.2. The molecule has 1 aliphatic carbocycles. The van der Waals surface area contributed by atoms with Crippen LogP contribution in [-0.2, 0) is 24.4 Å². The van der Waals surface area contributed by atoms with Gasteiger partial charge in [-0.05, 0) is 0 Å². The van der Waals surface area contributed by atoms with Crippen molar-refractivity contribution < 1.29 is 24.4 Å². The molecule has 0 aromatic rings. The van der Waals surface area contributed by atoms with Crippen LogP contribution in [0.1, 0.15) is 6.42 Å². The van der Waals surface area contributed by atoms with Gasteiger partial charge in [0.25, 0.3) is 0 Å². The van der Waals surface area contributed by atoms with E-state index in [1.165, 1.54) is 9.75 Å². The molecule has 0 atom stereocenters. The monoisotopic (exact) mass is 110 g/mol. The van der Waals surface area contributed by atoms with E-state index in [9.17, 15) is 0 Å². The average Bonchev–Trinajstić information content (AvgIpc) is 1.86. The van der Waals surface area contributed by atoms with Gasteiger partial charge in [0.2, 0.25) is 0 Å². The van der Waals surface area contributed by atoms with Gasteiger partial charge in [-0.25, -0.2) is 0 Å². The van der Waals surface area contributed by atoms with Gasteiger partial charge in [-0.3, -0.25) is 0 Å². The Bertz CT molecular complexity index is 101. The number of rotatable bonds is 0. The average molecular weight is 110 g/mol. The van der Waals surface area contributed by atoms with E-state index in [0.29, 0.717) is 0 Å². The van der Waals surface area contributed by atoms with Gasteiger partial charge in [-0.2, -0.15) is 0 Å². The van der Waals surface area contributed by atoms with Gasteiger partial charge in [0.15, 0.2) is 0 Å². The maximum absolute atomic E-state index is 2.18. The summed E-state index contributed by atoms with van der Waals surface area (Å²) in [6.45, 7) is 0. The summed E-state index contributed by atoms with van der Waals surface area (Å²) in [6.07, 6.45) is 7.65. The van der Waals surface area contributed by atoms with Gasteiger partial charge in [0, 0.05) is 0 Å². The third kappa shape index (κ3) is 0.904. The molecule has 0 unspecified atom stereocenters. The molecule has 0 bridgehead atoms. The molecule has 0 radical (unpaired) electrons. The van der Waals surface area contributed by atoms with Gasteiger partial charge in [-0.15, -0.1) is 0 Å². The molecule has 1 rings (SSSR count). The quantitative estimate of drug-likeness (QED) is 0.441. The summed E-state index contributed by atoms with van der Waals surface area (Å²) in [5.41, 5.74) is 0. The van der Waals surface area contributed by atoms with E-state index in [1.54, 1.807) is 24.4 Å². The number of allylic oxidation sites excluding steroid dienone is 4. The van der Waals surface area contributed by atoms with Gasteiger partial charge < -0.3 is 0 Å². The van der Waals surface area contributed by atoms with E-state index in [1.807, 2.05) is 0 Å². The maximum atomic E-state index is 2.18. The zero-order chi connectivity index (χ0) is 4.41. The fourth-order valence-corrected chi connectivity index (χ4v) is 0.850. The van der Waals surface area contributed by atoms with Crippen molar-refractivity contribution in [3.05, 3.63) is 21.6 Å². The van der Waals surface area contributed by atoms with Crippen molar-refractivity contribution in [3.63, 3.8) is 0 Å². The molecule has 0 spiro atoms. The van der Waals surface area contributed by atoms with Gasteiger partial charge in [0.1, 0.15) is 0 Å². The van der Waals surface area contributed by atoms with Crippen molar-refractivity contribution in [2.75, 3.05) is 0 Å². The molecule has 1 heteroatoms. The van der Waals surface area contributed by atoms with Gasteiger partial charge in [0.05, 0.1) is 0 Å². The first-order valence-corrected chi connectivity index (χ1v) is 2.91. The van der Waals surface area contributed by atoms with Crippen LogP contribution >= 0.6 is 0 Å². The fraction of sp³-hybridized carbons (Fsp3) is 0.200. The summed E-state index contributed by atoms with van der Waals surface area (Å²) < 4.78 is 1.53. The Kier molecular flexibility index (Phi) is 1.41. The van der Waals surface area contributed by atoms with Crippen molar-refractivity contribution in [1.82, 2.24) is 0 Å². The predicted molar refractivity (Wildman–Crippen MR) is 21.8 cm³/mol. The standard InChI is InChI=1S/C5H5.Sc/c1-2-4-5-3-1;/h1-3H,4H2;. The molecule has 0 nitrogen and oxygen atoms in total. The Morgan fingerprint density at radius 3 is 2.67 bits per heavy atom. The molecule has 0 aliphatic heterocycles. The Morgan fingerprint density at radius 2 is 2.50 bits per heavy atom. The van der Waals surface area contributed by atoms with Crippen LogP contribution in [0.3, 0.4) is 0 Å². The first-order chi connectivity index (χ1) is 2.89. The van der Waals surface area contributed by atoms with Crippen LogP contribution in [0.4, 0.5) is 0 Å². The first-order valence-electron chi connectivity index (χ1n) is 2.01. The second-order valence-electron chi connectivity index (χ2n) is 1.37. The summed E-state index contributed by atoms with van der Waals surface area (Å²) >= 11 is 1.74. The van der Waals surface area contributed by atoms with E-state index in [-0.39, 0.29) is 0 Å². The van der Waals surface area contributed by atoms with E-state index >= 15 is 0 Å². The Morgan fingerprint density at radius 1 is 1.67 bits per heavy atom.